The number of halogens is 1. The lowest BCUT2D eigenvalue weighted by molar-refractivity contribution is -0.117. The van der Waals surface area contributed by atoms with Gasteiger partial charge in [-0.25, -0.2) is 3.93 Å². The van der Waals surface area contributed by atoms with Gasteiger partial charge in [0.1, 0.15) is 0 Å². The summed E-state index contributed by atoms with van der Waals surface area (Å²) in [5.41, 5.74) is 2.06. The van der Waals surface area contributed by atoms with Crippen LogP contribution in [0.3, 0.4) is 0 Å². The molecule has 1 heterocycles. The van der Waals surface area contributed by atoms with E-state index in [2.05, 4.69) is 16.1 Å². The summed E-state index contributed by atoms with van der Waals surface area (Å²) in [7, 11) is 0. The number of carbonyl (C=O) groups is 1. The van der Waals surface area contributed by atoms with E-state index in [4.69, 9.17) is 0 Å². The van der Waals surface area contributed by atoms with Gasteiger partial charge < -0.3 is 0 Å². The van der Waals surface area contributed by atoms with Crippen molar-refractivity contribution in [3.05, 3.63) is 29.8 Å². The maximum absolute atomic E-state index is 11.4. The second-order valence-corrected chi connectivity index (χ2v) is 3.61. The summed E-state index contributed by atoms with van der Waals surface area (Å²) in [5.74, 6) is 0.0942. The van der Waals surface area contributed by atoms with E-state index in [0.717, 1.165) is 11.3 Å². The molecule has 2 nitrogen and oxygen atoms in total. The SMILES string of the molecule is C[C@@H]1C(=O)N(Br)c2ccccc21. The number of carbonyl (C=O) groups excluding carboxylic acids is 1. The van der Waals surface area contributed by atoms with Crippen LogP contribution >= 0.6 is 16.1 Å². The molecule has 0 saturated carbocycles. The van der Waals surface area contributed by atoms with E-state index in [0.29, 0.717) is 0 Å². The Morgan fingerprint density at radius 1 is 1.42 bits per heavy atom. The quantitative estimate of drug-likeness (QED) is 0.622. The van der Waals surface area contributed by atoms with Gasteiger partial charge in [-0.3, -0.25) is 4.79 Å². The number of anilines is 1. The third-order valence-electron chi connectivity index (χ3n) is 2.18. The van der Waals surface area contributed by atoms with Crippen molar-refractivity contribution >= 4 is 27.7 Å². The second-order valence-electron chi connectivity index (χ2n) is 2.90. The van der Waals surface area contributed by atoms with Crippen LogP contribution in [0.15, 0.2) is 24.3 Å². The molecule has 0 unspecified atom stereocenters. The van der Waals surface area contributed by atoms with Crippen molar-refractivity contribution in [1.82, 2.24) is 0 Å². The smallest absolute Gasteiger partial charge is 0.244 e. The third-order valence-corrected chi connectivity index (χ3v) is 2.91. The molecule has 1 aliphatic heterocycles. The van der Waals surface area contributed by atoms with Gasteiger partial charge in [-0.15, -0.1) is 0 Å². The summed E-state index contributed by atoms with van der Waals surface area (Å²) in [6.07, 6.45) is 0. The highest BCUT2D eigenvalue weighted by Gasteiger charge is 2.32. The molecule has 1 aromatic carbocycles. The maximum Gasteiger partial charge on any atom is 0.244 e. The maximum atomic E-state index is 11.4. The molecular weight excluding hydrogens is 218 g/mol. The van der Waals surface area contributed by atoms with Crippen molar-refractivity contribution in [2.24, 2.45) is 0 Å². The van der Waals surface area contributed by atoms with E-state index >= 15 is 0 Å². The van der Waals surface area contributed by atoms with Gasteiger partial charge in [-0.1, -0.05) is 18.2 Å². The Bertz CT molecular complexity index is 306. The fourth-order valence-electron chi connectivity index (χ4n) is 1.45. The zero-order valence-corrected chi connectivity index (χ0v) is 8.21. The van der Waals surface area contributed by atoms with Crippen LogP contribution < -0.4 is 3.93 Å². The summed E-state index contributed by atoms with van der Waals surface area (Å²) in [5, 5.41) is 0. The topological polar surface area (TPSA) is 20.3 Å². The summed E-state index contributed by atoms with van der Waals surface area (Å²) in [4.78, 5) is 11.4. The van der Waals surface area contributed by atoms with Gasteiger partial charge in [0.2, 0.25) is 5.91 Å². The molecule has 1 aliphatic rings. The monoisotopic (exact) mass is 225 g/mol. The van der Waals surface area contributed by atoms with E-state index in [9.17, 15) is 4.79 Å². The lowest BCUT2D eigenvalue weighted by Crippen LogP contribution is -2.16. The first kappa shape index (κ1) is 7.80. The van der Waals surface area contributed by atoms with Crippen molar-refractivity contribution in [3.63, 3.8) is 0 Å². The van der Waals surface area contributed by atoms with E-state index in [1.54, 1.807) is 0 Å². The van der Waals surface area contributed by atoms with Crippen LogP contribution in [0.1, 0.15) is 18.4 Å². The lowest BCUT2D eigenvalue weighted by atomic mass is 10.0. The minimum atomic E-state index is -0.0134. The number of hydrogen-bond donors (Lipinski definition) is 0. The highest BCUT2D eigenvalue weighted by molar-refractivity contribution is 9.10. The number of benzene rings is 1. The second kappa shape index (κ2) is 2.59. The van der Waals surface area contributed by atoms with Gasteiger partial charge in [0.15, 0.2) is 0 Å². The van der Waals surface area contributed by atoms with Crippen LogP contribution in [0, 0.1) is 0 Å². The Morgan fingerprint density at radius 3 is 2.75 bits per heavy atom. The van der Waals surface area contributed by atoms with Crippen LogP contribution in [0.25, 0.3) is 0 Å². The molecule has 0 fully saturated rings. The average Bonchev–Trinajstić information content (AvgIpc) is 2.33. The fourth-order valence-corrected chi connectivity index (χ4v) is 2.08. The molecule has 62 valence electrons. The van der Waals surface area contributed by atoms with Crippen LogP contribution in [0.5, 0.6) is 0 Å². The predicted octanol–water partition coefficient (Wildman–Crippen LogP) is 2.45. The summed E-state index contributed by atoms with van der Waals surface area (Å²) in [6, 6.07) is 7.80. The van der Waals surface area contributed by atoms with Gasteiger partial charge in [0, 0.05) is 0 Å². The highest BCUT2D eigenvalue weighted by Crippen LogP contribution is 2.38. The Labute approximate surface area is 79.5 Å². The van der Waals surface area contributed by atoms with Crippen LogP contribution in [0.4, 0.5) is 5.69 Å². The number of rotatable bonds is 0. The molecule has 0 bridgehead atoms. The molecule has 12 heavy (non-hydrogen) atoms. The molecule has 2 rings (SSSR count). The standard InChI is InChI=1S/C9H8BrNO/c1-6-7-4-2-3-5-8(7)11(10)9(6)12/h2-6H,1H3/t6-/m0/s1. The molecule has 0 saturated heterocycles. The Balaban J connectivity index is 2.59. The molecule has 0 aliphatic carbocycles. The number of fused-ring (bicyclic) bond motifs is 1. The Kier molecular flexibility index (Phi) is 1.68. The lowest BCUT2D eigenvalue weighted by Gasteiger charge is -2.05. The number of hydrogen-bond acceptors (Lipinski definition) is 1. The molecular formula is C9H8BrNO. The molecule has 0 spiro atoms. The molecule has 3 heteroatoms. The Morgan fingerprint density at radius 2 is 2.08 bits per heavy atom. The highest BCUT2D eigenvalue weighted by atomic mass is 79.9. The number of nitrogens with zero attached hydrogens (tertiary/aromatic N) is 1. The molecule has 1 aromatic rings. The molecule has 0 N–H and O–H groups in total. The minimum absolute atomic E-state index is 0.0134. The van der Waals surface area contributed by atoms with Gasteiger partial charge in [0.25, 0.3) is 0 Å². The van der Waals surface area contributed by atoms with Crippen molar-refractivity contribution < 1.29 is 4.79 Å². The first-order valence-electron chi connectivity index (χ1n) is 3.80. The van der Waals surface area contributed by atoms with Crippen LogP contribution in [-0.2, 0) is 4.79 Å². The van der Waals surface area contributed by atoms with E-state index in [-0.39, 0.29) is 11.8 Å². The normalized spacial score (nSPS) is 21.3. The molecule has 0 radical (unpaired) electrons. The van der Waals surface area contributed by atoms with Gasteiger partial charge in [-0.05, 0) is 18.6 Å². The molecule has 0 aromatic heterocycles. The van der Waals surface area contributed by atoms with Crippen molar-refractivity contribution in [2.45, 2.75) is 12.8 Å². The van der Waals surface area contributed by atoms with Gasteiger partial charge in [0.05, 0.1) is 27.8 Å². The third kappa shape index (κ3) is 0.894. The summed E-state index contributed by atoms with van der Waals surface area (Å²) in [6.45, 7) is 1.92. The van der Waals surface area contributed by atoms with Crippen molar-refractivity contribution in [2.75, 3.05) is 3.93 Å². The first-order chi connectivity index (χ1) is 5.72. The van der Waals surface area contributed by atoms with E-state index in [1.165, 1.54) is 3.93 Å². The minimum Gasteiger partial charge on any atom is -0.273 e. The zero-order valence-electron chi connectivity index (χ0n) is 6.62. The van der Waals surface area contributed by atoms with Crippen LogP contribution in [-0.4, -0.2) is 5.91 Å². The van der Waals surface area contributed by atoms with Crippen molar-refractivity contribution in [3.8, 4) is 0 Å². The summed E-state index contributed by atoms with van der Waals surface area (Å²) >= 11 is 3.23. The van der Waals surface area contributed by atoms with E-state index < -0.39 is 0 Å². The first-order valence-corrected chi connectivity index (χ1v) is 4.51. The zero-order chi connectivity index (χ0) is 8.72. The number of amides is 1. The predicted molar refractivity (Wildman–Crippen MR) is 51.3 cm³/mol. The number of para-hydroxylation sites is 1. The Hall–Kier alpha value is -0.830. The van der Waals surface area contributed by atoms with Crippen molar-refractivity contribution in [1.29, 1.82) is 0 Å². The largest absolute Gasteiger partial charge is 0.273 e. The molecule has 1 amide bonds. The van der Waals surface area contributed by atoms with Gasteiger partial charge >= 0.3 is 0 Å². The van der Waals surface area contributed by atoms with Crippen LogP contribution in [0.2, 0.25) is 0 Å². The fraction of sp³-hybridized carbons (Fsp3) is 0.222. The summed E-state index contributed by atoms with van der Waals surface area (Å²) < 4.78 is 1.53. The molecule has 1 atom stereocenters. The van der Waals surface area contributed by atoms with E-state index in [1.807, 2.05) is 31.2 Å². The van der Waals surface area contributed by atoms with Gasteiger partial charge in [-0.2, -0.15) is 0 Å². The average molecular weight is 226 g/mol.